The van der Waals surface area contributed by atoms with Gasteiger partial charge in [-0.25, -0.2) is 0 Å². The van der Waals surface area contributed by atoms with E-state index in [0.29, 0.717) is 11.6 Å². The van der Waals surface area contributed by atoms with Gasteiger partial charge in [-0.15, -0.1) is 11.3 Å². The van der Waals surface area contributed by atoms with Gasteiger partial charge in [0.15, 0.2) is 0 Å². The number of carbonyl (C=O) groups excluding carboxylic acids is 1. The van der Waals surface area contributed by atoms with Gasteiger partial charge in [0.1, 0.15) is 0 Å². The summed E-state index contributed by atoms with van der Waals surface area (Å²) in [5.41, 5.74) is 6.95. The number of nitrogens with one attached hydrogen (secondary N) is 1. The second-order valence-electron chi connectivity index (χ2n) is 4.80. The quantitative estimate of drug-likeness (QED) is 0.819. The number of hydrogen-bond donors (Lipinski definition) is 2. The van der Waals surface area contributed by atoms with Gasteiger partial charge in [-0.1, -0.05) is 31.5 Å². The monoisotopic (exact) mass is 288 g/mol. The van der Waals surface area contributed by atoms with E-state index in [1.807, 2.05) is 18.2 Å². The minimum atomic E-state index is -0.379. The van der Waals surface area contributed by atoms with E-state index in [1.165, 1.54) is 4.88 Å². The molecule has 0 spiro atoms. The molecule has 106 valence electrons. The molecule has 0 aliphatic carbocycles. The predicted molar refractivity (Wildman–Crippen MR) is 83.8 cm³/mol. The number of hydrogen-bond acceptors (Lipinski definition) is 3. The molecule has 1 aromatic heterocycles. The van der Waals surface area contributed by atoms with Crippen molar-refractivity contribution in [3.63, 3.8) is 0 Å². The van der Waals surface area contributed by atoms with Crippen molar-refractivity contribution in [1.29, 1.82) is 0 Å². The highest BCUT2D eigenvalue weighted by atomic mass is 32.1. The van der Waals surface area contributed by atoms with Crippen LogP contribution in [0.4, 0.5) is 0 Å². The van der Waals surface area contributed by atoms with Crippen molar-refractivity contribution in [2.24, 2.45) is 5.73 Å². The second kappa shape index (κ2) is 7.22. The number of primary amides is 1. The maximum absolute atomic E-state index is 11.2. The number of nitrogens with two attached hydrogens (primary N) is 1. The van der Waals surface area contributed by atoms with Gasteiger partial charge in [-0.3, -0.25) is 4.79 Å². The highest BCUT2D eigenvalue weighted by molar-refractivity contribution is 7.10. The van der Waals surface area contributed by atoms with Crippen molar-refractivity contribution in [3.8, 4) is 0 Å². The number of carbonyl (C=O) groups is 1. The maximum atomic E-state index is 11.2. The first-order valence-electron chi connectivity index (χ1n) is 6.86. The van der Waals surface area contributed by atoms with Gasteiger partial charge in [0.25, 0.3) is 0 Å². The maximum Gasteiger partial charge on any atom is 0.248 e. The number of benzene rings is 1. The summed E-state index contributed by atoms with van der Waals surface area (Å²) in [6.45, 7) is 2.93. The molecule has 0 saturated carbocycles. The van der Waals surface area contributed by atoms with Gasteiger partial charge in [-0.2, -0.15) is 0 Å². The lowest BCUT2D eigenvalue weighted by atomic mass is 10.1. The Morgan fingerprint density at radius 2 is 2.20 bits per heavy atom. The molecule has 0 aliphatic rings. The largest absolute Gasteiger partial charge is 0.366 e. The van der Waals surface area contributed by atoms with Crippen LogP contribution in [0.3, 0.4) is 0 Å². The lowest BCUT2D eigenvalue weighted by molar-refractivity contribution is 0.1000. The molecule has 0 aliphatic heterocycles. The van der Waals surface area contributed by atoms with E-state index in [9.17, 15) is 4.79 Å². The van der Waals surface area contributed by atoms with Crippen molar-refractivity contribution in [3.05, 3.63) is 57.8 Å². The van der Waals surface area contributed by atoms with Crippen molar-refractivity contribution in [2.75, 3.05) is 0 Å². The van der Waals surface area contributed by atoms with Gasteiger partial charge in [0, 0.05) is 23.0 Å². The summed E-state index contributed by atoms with van der Waals surface area (Å²) in [5, 5.41) is 5.67. The van der Waals surface area contributed by atoms with Crippen molar-refractivity contribution < 1.29 is 4.79 Å². The zero-order chi connectivity index (χ0) is 14.4. The molecule has 0 saturated heterocycles. The smallest absolute Gasteiger partial charge is 0.248 e. The van der Waals surface area contributed by atoms with E-state index < -0.39 is 0 Å². The van der Waals surface area contributed by atoms with E-state index in [0.717, 1.165) is 24.9 Å². The van der Waals surface area contributed by atoms with Crippen molar-refractivity contribution >= 4 is 17.2 Å². The number of thiophene rings is 1. The van der Waals surface area contributed by atoms with Gasteiger partial charge in [-0.05, 0) is 35.6 Å². The average Bonchev–Trinajstić information content (AvgIpc) is 2.97. The summed E-state index contributed by atoms with van der Waals surface area (Å²) in [6, 6.07) is 12.1. The normalized spacial score (nSPS) is 12.2. The first-order valence-corrected chi connectivity index (χ1v) is 7.74. The standard InChI is InChI=1S/C16H20N2OS/c1-2-5-14(15-8-4-9-20-15)18-11-12-6-3-7-13(10-12)16(17)19/h3-4,6-10,14,18H,2,5,11H2,1H3,(H2,17,19). The Morgan fingerprint density at radius 3 is 2.85 bits per heavy atom. The zero-order valence-corrected chi connectivity index (χ0v) is 12.5. The van der Waals surface area contributed by atoms with Crippen LogP contribution in [0.25, 0.3) is 0 Å². The van der Waals surface area contributed by atoms with E-state index in [2.05, 4.69) is 29.8 Å². The van der Waals surface area contributed by atoms with Crippen LogP contribution in [0.5, 0.6) is 0 Å². The minimum absolute atomic E-state index is 0.372. The van der Waals surface area contributed by atoms with E-state index in [4.69, 9.17) is 5.73 Å². The van der Waals surface area contributed by atoms with Crippen LogP contribution in [0.2, 0.25) is 0 Å². The Kier molecular flexibility index (Phi) is 5.32. The topological polar surface area (TPSA) is 55.1 Å². The third-order valence-electron chi connectivity index (χ3n) is 3.23. The molecule has 1 atom stereocenters. The third-order valence-corrected chi connectivity index (χ3v) is 4.21. The first-order chi connectivity index (χ1) is 9.70. The molecule has 2 aromatic rings. The molecular formula is C16H20N2OS. The molecule has 3 N–H and O–H groups in total. The van der Waals surface area contributed by atoms with Gasteiger partial charge < -0.3 is 11.1 Å². The fourth-order valence-electron chi connectivity index (χ4n) is 2.20. The van der Waals surface area contributed by atoms with Crippen LogP contribution in [0.1, 0.15) is 46.6 Å². The van der Waals surface area contributed by atoms with Gasteiger partial charge in [0.2, 0.25) is 5.91 Å². The first kappa shape index (κ1) is 14.8. The molecule has 2 rings (SSSR count). The van der Waals surface area contributed by atoms with E-state index >= 15 is 0 Å². The Bertz CT molecular complexity index is 551. The molecule has 3 nitrogen and oxygen atoms in total. The minimum Gasteiger partial charge on any atom is -0.366 e. The molecule has 20 heavy (non-hydrogen) atoms. The molecule has 4 heteroatoms. The fraction of sp³-hybridized carbons (Fsp3) is 0.312. The van der Waals surface area contributed by atoms with Crippen molar-refractivity contribution in [1.82, 2.24) is 5.32 Å². The summed E-state index contributed by atoms with van der Waals surface area (Å²) < 4.78 is 0. The van der Waals surface area contributed by atoms with Crippen LogP contribution in [0, 0.1) is 0 Å². The summed E-state index contributed by atoms with van der Waals surface area (Å²) in [6.07, 6.45) is 2.24. The number of rotatable bonds is 7. The van der Waals surface area contributed by atoms with Crippen LogP contribution < -0.4 is 11.1 Å². The third kappa shape index (κ3) is 3.92. The van der Waals surface area contributed by atoms with Crippen LogP contribution in [-0.4, -0.2) is 5.91 Å². The average molecular weight is 288 g/mol. The lowest BCUT2D eigenvalue weighted by Gasteiger charge is -2.17. The lowest BCUT2D eigenvalue weighted by Crippen LogP contribution is -2.20. The van der Waals surface area contributed by atoms with E-state index in [-0.39, 0.29) is 5.91 Å². The molecule has 0 bridgehead atoms. The van der Waals surface area contributed by atoms with Gasteiger partial charge >= 0.3 is 0 Å². The summed E-state index contributed by atoms with van der Waals surface area (Å²) in [5.74, 6) is -0.379. The zero-order valence-electron chi connectivity index (χ0n) is 11.6. The SMILES string of the molecule is CCCC(NCc1cccc(C(N)=O)c1)c1cccs1. The molecule has 1 heterocycles. The molecule has 1 aromatic carbocycles. The van der Waals surface area contributed by atoms with E-state index in [1.54, 1.807) is 17.4 Å². The number of amides is 1. The molecular weight excluding hydrogens is 268 g/mol. The highest BCUT2D eigenvalue weighted by Crippen LogP contribution is 2.23. The van der Waals surface area contributed by atoms with Crippen LogP contribution in [-0.2, 0) is 6.54 Å². The summed E-state index contributed by atoms with van der Waals surface area (Å²) in [4.78, 5) is 12.5. The predicted octanol–water partition coefficient (Wildman–Crippen LogP) is 3.48. The van der Waals surface area contributed by atoms with Crippen LogP contribution in [0.15, 0.2) is 41.8 Å². The van der Waals surface area contributed by atoms with Crippen LogP contribution >= 0.6 is 11.3 Å². The second-order valence-corrected chi connectivity index (χ2v) is 5.78. The molecule has 0 radical (unpaired) electrons. The Hall–Kier alpha value is -1.65. The fourth-order valence-corrected chi connectivity index (χ4v) is 3.04. The molecule has 1 amide bonds. The highest BCUT2D eigenvalue weighted by Gasteiger charge is 2.11. The Labute approximate surface area is 123 Å². The summed E-state index contributed by atoms with van der Waals surface area (Å²) in [7, 11) is 0. The summed E-state index contributed by atoms with van der Waals surface area (Å²) >= 11 is 1.78. The Balaban J connectivity index is 2.02. The van der Waals surface area contributed by atoms with Gasteiger partial charge in [0.05, 0.1) is 0 Å². The molecule has 0 fully saturated rings. The van der Waals surface area contributed by atoms with Crippen molar-refractivity contribution in [2.45, 2.75) is 32.4 Å². The molecule has 1 unspecified atom stereocenters. The Morgan fingerprint density at radius 1 is 1.35 bits per heavy atom.